The molecule has 1 aliphatic heterocycles. The molecule has 0 aliphatic carbocycles. The predicted molar refractivity (Wildman–Crippen MR) is 86.9 cm³/mol. The quantitative estimate of drug-likeness (QED) is 0.780. The van der Waals surface area contributed by atoms with Gasteiger partial charge in [0.1, 0.15) is 5.75 Å². The van der Waals surface area contributed by atoms with E-state index in [4.69, 9.17) is 10.5 Å². The summed E-state index contributed by atoms with van der Waals surface area (Å²) in [6.07, 6.45) is 1.64. The number of primary amides is 1. The molecule has 7 nitrogen and oxygen atoms in total. The molecule has 2 rings (SSSR count). The molecule has 0 atom stereocenters. The molecule has 23 heavy (non-hydrogen) atoms. The molecule has 3 N–H and O–H groups in total. The summed E-state index contributed by atoms with van der Waals surface area (Å²) in [5, 5.41) is 3.12. The third-order valence-corrected chi connectivity index (χ3v) is 6.04. The lowest BCUT2D eigenvalue weighted by atomic mass is 9.98. The smallest absolute Gasteiger partial charge is 0.252 e. The van der Waals surface area contributed by atoms with Crippen LogP contribution < -0.4 is 15.8 Å². The van der Waals surface area contributed by atoms with Crippen molar-refractivity contribution in [3.8, 4) is 5.75 Å². The molecule has 0 bridgehead atoms. The van der Waals surface area contributed by atoms with Crippen LogP contribution in [0.5, 0.6) is 5.75 Å². The van der Waals surface area contributed by atoms with Crippen molar-refractivity contribution in [3.63, 3.8) is 0 Å². The van der Waals surface area contributed by atoms with Crippen molar-refractivity contribution in [2.45, 2.75) is 17.7 Å². The third kappa shape index (κ3) is 3.82. The van der Waals surface area contributed by atoms with Crippen LogP contribution in [0.4, 0.5) is 0 Å². The van der Waals surface area contributed by atoms with Gasteiger partial charge in [0, 0.05) is 13.1 Å². The Morgan fingerprint density at radius 1 is 1.39 bits per heavy atom. The van der Waals surface area contributed by atoms with Gasteiger partial charge in [0.15, 0.2) is 0 Å². The molecule has 0 aromatic heterocycles. The normalized spacial score (nSPS) is 17.1. The Hall–Kier alpha value is -1.64. The van der Waals surface area contributed by atoms with Crippen molar-refractivity contribution in [2.24, 2.45) is 11.7 Å². The summed E-state index contributed by atoms with van der Waals surface area (Å²) < 4.78 is 32.0. The van der Waals surface area contributed by atoms with Crippen molar-refractivity contribution in [1.29, 1.82) is 0 Å². The van der Waals surface area contributed by atoms with Crippen molar-refractivity contribution >= 4 is 15.9 Å². The first-order valence-electron chi connectivity index (χ1n) is 7.52. The summed E-state index contributed by atoms with van der Waals surface area (Å²) in [6.45, 7) is 1.85. The average Bonchev–Trinajstić information content (AvgIpc) is 2.55. The first kappa shape index (κ1) is 17.7. The second-order valence-electron chi connectivity index (χ2n) is 5.63. The number of nitrogens with one attached hydrogen (secondary N) is 1. The number of amides is 1. The standard InChI is InChI=1S/C15H23N3O4S/c1-17-10-11-5-7-18(8-6-11)23(20,21)12-3-4-14(22-2)13(9-12)15(16)19/h3-4,9,11,17H,5-8,10H2,1-2H3,(H2,16,19). The number of benzene rings is 1. The van der Waals surface area contributed by atoms with Crippen molar-refractivity contribution in [1.82, 2.24) is 9.62 Å². The van der Waals surface area contributed by atoms with Crippen LogP contribution in [0.15, 0.2) is 23.1 Å². The molecule has 0 spiro atoms. The van der Waals surface area contributed by atoms with Gasteiger partial charge in [0.05, 0.1) is 17.6 Å². The fourth-order valence-corrected chi connectivity index (χ4v) is 4.33. The van der Waals surface area contributed by atoms with E-state index in [1.54, 1.807) is 0 Å². The zero-order valence-electron chi connectivity index (χ0n) is 13.4. The minimum atomic E-state index is -3.63. The van der Waals surface area contributed by atoms with Gasteiger partial charge in [-0.15, -0.1) is 0 Å². The van der Waals surface area contributed by atoms with Gasteiger partial charge in [0.25, 0.3) is 5.91 Å². The van der Waals surface area contributed by atoms with E-state index < -0.39 is 15.9 Å². The van der Waals surface area contributed by atoms with Gasteiger partial charge in [-0.3, -0.25) is 4.79 Å². The number of sulfonamides is 1. The monoisotopic (exact) mass is 341 g/mol. The molecule has 1 aromatic carbocycles. The molecule has 128 valence electrons. The number of piperidine rings is 1. The van der Waals surface area contributed by atoms with E-state index in [1.807, 2.05) is 7.05 Å². The predicted octanol–water partition coefficient (Wildman–Crippen LogP) is 0.414. The van der Waals surface area contributed by atoms with Gasteiger partial charge in [-0.25, -0.2) is 8.42 Å². The van der Waals surface area contributed by atoms with Crippen molar-refractivity contribution in [2.75, 3.05) is 33.8 Å². The molecule has 0 saturated carbocycles. The number of methoxy groups -OCH3 is 1. The van der Waals surface area contributed by atoms with Crippen molar-refractivity contribution < 1.29 is 17.9 Å². The first-order valence-corrected chi connectivity index (χ1v) is 8.96. The Bertz CT molecular complexity index is 667. The Kier molecular flexibility index (Phi) is 5.61. The SMILES string of the molecule is CNCC1CCN(S(=O)(=O)c2ccc(OC)c(C(N)=O)c2)CC1. The summed E-state index contributed by atoms with van der Waals surface area (Å²) in [4.78, 5) is 11.5. The first-order chi connectivity index (χ1) is 10.9. The van der Waals surface area contributed by atoms with Crippen LogP contribution in [-0.4, -0.2) is 52.4 Å². The van der Waals surface area contributed by atoms with Gasteiger partial charge in [-0.05, 0) is 50.6 Å². The fraction of sp³-hybridized carbons (Fsp3) is 0.533. The highest BCUT2D eigenvalue weighted by Crippen LogP contribution is 2.27. The van der Waals surface area contributed by atoms with Crippen LogP contribution in [-0.2, 0) is 10.0 Å². The van der Waals surface area contributed by atoms with Gasteiger partial charge < -0.3 is 15.8 Å². The van der Waals surface area contributed by atoms with E-state index in [0.717, 1.165) is 19.4 Å². The van der Waals surface area contributed by atoms with Crippen LogP contribution >= 0.6 is 0 Å². The summed E-state index contributed by atoms with van der Waals surface area (Å²) in [5.41, 5.74) is 5.37. The molecule has 0 unspecified atom stereocenters. The van der Waals surface area contributed by atoms with Gasteiger partial charge >= 0.3 is 0 Å². The topological polar surface area (TPSA) is 102 Å². The Morgan fingerprint density at radius 2 is 2.04 bits per heavy atom. The molecule has 1 aromatic rings. The lowest BCUT2D eigenvalue weighted by Crippen LogP contribution is -2.40. The molecule has 8 heteroatoms. The maximum Gasteiger partial charge on any atom is 0.252 e. The second kappa shape index (κ2) is 7.29. The third-order valence-electron chi connectivity index (χ3n) is 4.14. The summed E-state index contributed by atoms with van der Waals surface area (Å²) >= 11 is 0. The Labute approximate surface area is 136 Å². The van der Waals surface area contributed by atoms with Crippen LogP contribution in [0, 0.1) is 5.92 Å². The molecular formula is C15H23N3O4S. The number of carbonyl (C=O) groups is 1. The zero-order valence-corrected chi connectivity index (χ0v) is 14.2. The minimum Gasteiger partial charge on any atom is -0.496 e. The molecule has 1 amide bonds. The van der Waals surface area contributed by atoms with Gasteiger partial charge in [-0.2, -0.15) is 4.31 Å². The molecular weight excluding hydrogens is 318 g/mol. The molecule has 1 fully saturated rings. The molecule has 1 heterocycles. The number of hydrogen-bond acceptors (Lipinski definition) is 5. The zero-order chi connectivity index (χ0) is 17.0. The average molecular weight is 341 g/mol. The number of nitrogens with two attached hydrogens (primary N) is 1. The summed E-state index contributed by atoms with van der Waals surface area (Å²) in [5.74, 6) is 0.0410. The van der Waals surface area contributed by atoms with Crippen molar-refractivity contribution in [3.05, 3.63) is 23.8 Å². The second-order valence-corrected chi connectivity index (χ2v) is 7.57. The number of nitrogens with zero attached hydrogens (tertiary/aromatic N) is 1. The molecule has 0 radical (unpaired) electrons. The largest absolute Gasteiger partial charge is 0.496 e. The lowest BCUT2D eigenvalue weighted by molar-refractivity contribution is 0.0997. The van der Waals surface area contributed by atoms with Gasteiger partial charge in [0.2, 0.25) is 10.0 Å². The fourth-order valence-electron chi connectivity index (χ4n) is 2.83. The van der Waals surface area contributed by atoms with Gasteiger partial charge in [-0.1, -0.05) is 0 Å². The number of hydrogen-bond donors (Lipinski definition) is 2. The van der Waals surface area contributed by atoms with E-state index in [9.17, 15) is 13.2 Å². The number of ether oxygens (including phenoxy) is 1. The van der Waals surface area contributed by atoms with E-state index in [0.29, 0.717) is 19.0 Å². The maximum atomic E-state index is 12.7. The van der Waals surface area contributed by atoms with Crippen LogP contribution in [0.2, 0.25) is 0 Å². The molecule has 1 aliphatic rings. The van der Waals surface area contributed by atoms with E-state index in [-0.39, 0.29) is 16.2 Å². The number of carbonyl (C=O) groups excluding carboxylic acids is 1. The maximum absolute atomic E-state index is 12.7. The van der Waals surface area contributed by atoms with Crippen LogP contribution in [0.1, 0.15) is 23.2 Å². The minimum absolute atomic E-state index is 0.0682. The highest BCUT2D eigenvalue weighted by Gasteiger charge is 2.30. The Balaban J connectivity index is 2.23. The summed E-state index contributed by atoms with van der Waals surface area (Å²) in [6, 6.07) is 4.19. The van der Waals surface area contributed by atoms with E-state index in [2.05, 4.69) is 5.32 Å². The molecule has 1 saturated heterocycles. The number of rotatable bonds is 6. The van der Waals surface area contributed by atoms with E-state index in [1.165, 1.54) is 29.6 Å². The van der Waals surface area contributed by atoms with E-state index >= 15 is 0 Å². The Morgan fingerprint density at radius 3 is 2.57 bits per heavy atom. The lowest BCUT2D eigenvalue weighted by Gasteiger charge is -2.31. The highest BCUT2D eigenvalue weighted by atomic mass is 32.2. The highest BCUT2D eigenvalue weighted by molar-refractivity contribution is 7.89. The van der Waals surface area contributed by atoms with Crippen LogP contribution in [0.3, 0.4) is 0 Å². The van der Waals surface area contributed by atoms with Crippen LogP contribution in [0.25, 0.3) is 0 Å². The summed E-state index contributed by atoms with van der Waals surface area (Å²) in [7, 11) is -0.332.